The van der Waals surface area contributed by atoms with Crippen LogP contribution in [0.1, 0.15) is 20.3 Å². The number of methoxy groups -OCH3 is 1. The second-order valence-electron chi connectivity index (χ2n) is 5.76. The average Bonchev–Trinajstić information content (AvgIpc) is 2.94. The Morgan fingerprint density at radius 2 is 2.29 bits per heavy atom. The van der Waals surface area contributed by atoms with E-state index in [1.807, 2.05) is 0 Å². The summed E-state index contributed by atoms with van der Waals surface area (Å²) in [7, 11) is 1.51. The van der Waals surface area contributed by atoms with Crippen molar-refractivity contribution in [1.82, 2.24) is 4.90 Å². The molecule has 1 unspecified atom stereocenters. The molecule has 21 heavy (non-hydrogen) atoms. The Morgan fingerprint density at radius 3 is 2.86 bits per heavy atom. The van der Waals surface area contributed by atoms with Crippen LogP contribution < -0.4 is 10.1 Å². The molecule has 0 radical (unpaired) electrons. The number of hydrogen-bond acceptors (Lipinski definition) is 5. The molecule has 1 saturated heterocycles. The molecule has 1 aliphatic rings. The Labute approximate surface area is 125 Å². The first-order chi connectivity index (χ1) is 10.0. The topological polar surface area (TPSA) is 67.6 Å². The SMILES string of the molecule is COc1ccc(NCC2CCN(C(C)C)C2)c([N+](=O)[O-])c1. The van der Waals surface area contributed by atoms with Crippen molar-refractivity contribution >= 4 is 11.4 Å². The molecule has 2 rings (SSSR count). The number of likely N-dealkylation sites (tertiary alicyclic amines) is 1. The molecular weight excluding hydrogens is 270 g/mol. The summed E-state index contributed by atoms with van der Waals surface area (Å²) in [6, 6.07) is 5.47. The Morgan fingerprint density at radius 1 is 1.52 bits per heavy atom. The van der Waals surface area contributed by atoms with Crippen LogP contribution >= 0.6 is 0 Å². The number of nitro benzene ring substituents is 1. The van der Waals surface area contributed by atoms with Gasteiger partial charge in [0.15, 0.2) is 0 Å². The predicted octanol–water partition coefficient (Wildman–Crippen LogP) is 2.75. The zero-order chi connectivity index (χ0) is 15.4. The van der Waals surface area contributed by atoms with Crippen molar-refractivity contribution < 1.29 is 9.66 Å². The standard InChI is InChI=1S/C15H23N3O3/c1-11(2)17-7-6-12(10-17)9-16-14-5-4-13(21-3)8-15(14)18(19)20/h4-5,8,11-12,16H,6-7,9-10H2,1-3H3. The highest BCUT2D eigenvalue weighted by Crippen LogP contribution is 2.29. The first-order valence-corrected chi connectivity index (χ1v) is 7.31. The molecular formula is C15H23N3O3. The second kappa shape index (κ2) is 6.76. The van der Waals surface area contributed by atoms with Crippen LogP contribution in [-0.4, -0.2) is 42.6 Å². The summed E-state index contributed by atoms with van der Waals surface area (Å²) in [6.07, 6.45) is 1.13. The normalized spacial score (nSPS) is 19.0. The van der Waals surface area contributed by atoms with Crippen LogP contribution in [0.4, 0.5) is 11.4 Å². The summed E-state index contributed by atoms with van der Waals surface area (Å²) >= 11 is 0. The molecule has 0 amide bonds. The lowest BCUT2D eigenvalue weighted by atomic mass is 10.1. The van der Waals surface area contributed by atoms with E-state index in [1.165, 1.54) is 13.2 Å². The smallest absolute Gasteiger partial charge is 0.296 e. The lowest BCUT2D eigenvalue weighted by Gasteiger charge is -2.20. The van der Waals surface area contributed by atoms with E-state index in [2.05, 4.69) is 24.1 Å². The third-order valence-corrected chi connectivity index (χ3v) is 4.03. The van der Waals surface area contributed by atoms with E-state index in [0.29, 0.717) is 23.4 Å². The molecule has 116 valence electrons. The predicted molar refractivity (Wildman–Crippen MR) is 83.0 cm³/mol. The van der Waals surface area contributed by atoms with Gasteiger partial charge in [-0.1, -0.05) is 0 Å². The summed E-state index contributed by atoms with van der Waals surface area (Å²) in [4.78, 5) is 13.2. The molecule has 1 atom stereocenters. The Bertz CT molecular complexity index is 505. The summed E-state index contributed by atoms with van der Waals surface area (Å²) < 4.78 is 5.04. The Balaban J connectivity index is 1.99. The molecule has 0 aromatic heterocycles. The van der Waals surface area contributed by atoms with Crippen molar-refractivity contribution in [3.05, 3.63) is 28.3 Å². The fraction of sp³-hybridized carbons (Fsp3) is 0.600. The minimum absolute atomic E-state index is 0.0630. The number of nitrogens with zero attached hydrogens (tertiary/aromatic N) is 2. The van der Waals surface area contributed by atoms with Gasteiger partial charge in [0, 0.05) is 19.1 Å². The third kappa shape index (κ3) is 3.85. The third-order valence-electron chi connectivity index (χ3n) is 4.03. The van der Waals surface area contributed by atoms with Gasteiger partial charge in [0.05, 0.1) is 18.1 Å². The Kier molecular flexibility index (Phi) is 5.01. The summed E-state index contributed by atoms with van der Waals surface area (Å²) in [5.74, 6) is 1.04. The zero-order valence-electron chi connectivity index (χ0n) is 12.8. The summed E-state index contributed by atoms with van der Waals surface area (Å²) in [5.41, 5.74) is 0.622. The fourth-order valence-corrected chi connectivity index (χ4v) is 2.69. The molecule has 1 heterocycles. The summed E-state index contributed by atoms with van der Waals surface area (Å²) in [6.45, 7) is 7.31. The van der Waals surface area contributed by atoms with Crippen molar-refractivity contribution in [2.75, 3.05) is 32.1 Å². The number of ether oxygens (including phenoxy) is 1. The molecule has 0 aliphatic carbocycles. The minimum atomic E-state index is -0.375. The van der Waals surface area contributed by atoms with Gasteiger partial charge >= 0.3 is 0 Å². The molecule has 1 N–H and O–H groups in total. The molecule has 6 nitrogen and oxygen atoms in total. The van der Waals surface area contributed by atoms with Crippen LogP contribution in [0.3, 0.4) is 0 Å². The van der Waals surface area contributed by atoms with Crippen LogP contribution in [0.2, 0.25) is 0 Å². The van der Waals surface area contributed by atoms with Crippen LogP contribution in [0.25, 0.3) is 0 Å². The number of hydrogen-bond donors (Lipinski definition) is 1. The van der Waals surface area contributed by atoms with E-state index >= 15 is 0 Å². The van der Waals surface area contributed by atoms with Gasteiger partial charge in [0.25, 0.3) is 5.69 Å². The van der Waals surface area contributed by atoms with Crippen molar-refractivity contribution in [3.63, 3.8) is 0 Å². The molecule has 0 spiro atoms. The number of benzene rings is 1. The van der Waals surface area contributed by atoms with Crippen LogP contribution in [0, 0.1) is 16.0 Å². The second-order valence-corrected chi connectivity index (χ2v) is 5.76. The quantitative estimate of drug-likeness (QED) is 0.645. The maximum Gasteiger partial charge on any atom is 0.296 e. The van der Waals surface area contributed by atoms with Crippen molar-refractivity contribution in [3.8, 4) is 5.75 Å². The zero-order valence-corrected chi connectivity index (χ0v) is 12.8. The van der Waals surface area contributed by atoms with Crippen LogP contribution in [-0.2, 0) is 0 Å². The number of anilines is 1. The van der Waals surface area contributed by atoms with Gasteiger partial charge in [-0.05, 0) is 44.9 Å². The number of nitrogens with one attached hydrogen (secondary N) is 1. The van der Waals surface area contributed by atoms with Crippen LogP contribution in [0.5, 0.6) is 5.75 Å². The van der Waals surface area contributed by atoms with Crippen molar-refractivity contribution in [2.45, 2.75) is 26.3 Å². The molecule has 1 fully saturated rings. The average molecular weight is 293 g/mol. The minimum Gasteiger partial charge on any atom is -0.496 e. The van der Waals surface area contributed by atoms with Gasteiger partial charge in [0.2, 0.25) is 0 Å². The van der Waals surface area contributed by atoms with Crippen molar-refractivity contribution in [2.24, 2.45) is 5.92 Å². The van der Waals surface area contributed by atoms with E-state index in [4.69, 9.17) is 4.74 Å². The lowest BCUT2D eigenvalue weighted by molar-refractivity contribution is -0.384. The van der Waals surface area contributed by atoms with Gasteiger partial charge in [-0.3, -0.25) is 10.1 Å². The van der Waals surface area contributed by atoms with E-state index in [9.17, 15) is 10.1 Å². The largest absolute Gasteiger partial charge is 0.496 e. The maximum absolute atomic E-state index is 11.1. The van der Waals surface area contributed by atoms with E-state index < -0.39 is 0 Å². The first kappa shape index (κ1) is 15.6. The van der Waals surface area contributed by atoms with E-state index in [0.717, 1.165) is 26.1 Å². The van der Waals surface area contributed by atoms with Crippen molar-refractivity contribution in [1.29, 1.82) is 0 Å². The van der Waals surface area contributed by atoms with E-state index in [-0.39, 0.29) is 10.6 Å². The van der Waals surface area contributed by atoms with Gasteiger partial charge in [-0.15, -0.1) is 0 Å². The highest BCUT2D eigenvalue weighted by atomic mass is 16.6. The monoisotopic (exact) mass is 293 g/mol. The molecule has 1 aromatic rings. The number of rotatable bonds is 6. The van der Waals surface area contributed by atoms with Gasteiger partial charge in [0.1, 0.15) is 11.4 Å². The fourth-order valence-electron chi connectivity index (χ4n) is 2.69. The molecule has 6 heteroatoms. The van der Waals surface area contributed by atoms with Gasteiger partial charge in [-0.25, -0.2) is 0 Å². The van der Waals surface area contributed by atoms with E-state index in [1.54, 1.807) is 12.1 Å². The number of nitro groups is 1. The Hall–Kier alpha value is -1.82. The summed E-state index contributed by atoms with van der Waals surface area (Å²) in [5, 5.41) is 14.4. The maximum atomic E-state index is 11.1. The molecule has 1 aliphatic heterocycles. The van der Waals surface area contributed by atoms with Crippen LogP contribution in [0.15, 0.2) is 18.2 Å². The molecule has 1 aromatic carbocycles. The lowest BCUT2D eigenvalue weighted by Crippen LogP contribution is -2.29. The van der Waals surface area contributed by atoms with Gasteiger partial charge in [-0.2, -0.15) is 0 Å². The molecule has 0 saturated carbocycles. The first-order valence-electron chi connectivity index (χ1n) is 7.31. The highest BCUT2D eigenvalue weighted by molar-refractivity contribution is 5.63. The highest BCUT2D eigenvalue weighted by Gasteiger charge is 2.24. The van der Waals surface area contributed by atoms with Gasteiger partial charge < -0.3 is 15.0 Å². The molecule has 0 bridgehead atoms.